The molecule has 1 aromatic carbocycles. The third kappa shape index (κ3) is 2.54. The highest BCUT2D eigenvalue weighted by Crippen LogP contribution is 2.20. The van der Waals surface area contributed by atoms with Crippen LogP contribution in [0.25, 0.3) is 4.96 Å². The zero-order valence-electron chi connectivity index (χ0n) is 10.8. The summed E-state index contributed by atoms with van der Waals surface area (Å²) in [5.74, 6) is 0. The molecular weight excluding hydrogens is 276 g/mol. The number of hydroxylamine groups is 1. The van der Waals surface area contributed by atoms with Gasteiger partial charge in [-0.25, -0.2) is 10.0 Å². The summed E-state index contributed by atoms with van der Waals surface area (Å²) < 4.78 is 1.27. The molecule has 102 valence electrons. The molecule has 0 spiro atoms. The van der Waals surface area contributed by atoms with Crippen molar-refractivity contribution < 1.29 is 4.84 Å². The van der Waals surface area contributed by atoms with Crippen molar-refractivity contribution in [3.8, 4) is 0 Å². The normalized spacial score (nSPS) is 10.8. The molecule has 0 aliphatic carbocycles. The molecule has 0 aliphatic heterocycles. The third-order valence-electron chi connectivity index (χ3n) is 2.70. The molecule has 20 heavy (non-hydrogen) atoms. The fourth-order valence-corrected chi connectivity index (χ4v) is 2.46. The molecular formula is C13H12N4O2S. The predicted octanol–water partition coefficient (Wildman–Crippen LogP) is 1.72. The van der Waals surface area contributed by atoms with Gasteiger partial charge in [-0.15, -0.1) is 5.10 Å². The Morgan fingerprint density at radius 2 is 2.10 bits per heavy atom. The Hall–Kier alpha value is -2.25. The van der Waals surface area contributed by atoms with Crippen LogP contribution in [-0.4, -0.2) is 21.6 Å². The zero-order chi connectivity index (χ0) is 13.9. The first-order valence-electron chi connectivity index (χ1n) is 5.99. The highest BCUT2D eigenvalue weighted by atomic mass is 32.1. The van der Waals surface area contributed by atoms with Crippen LogP contribution in [0.1, 0.15) is 5.56 Å². The number of anilines is 1. The first-order valence-corrected chi connectivity index (χ1v) is 6.81. The number of benzene rings is 1. The van der Waals surface area contributed by atoms with Gasteiger partial charge in [0.1, 0.15) is 0 Å². The summed E-state index contributed by atoms with van der Waals surface area (Å²) in [6, 6.07) is 11.2. The maximum Gasteiger partial charge on any atom is 0.275 e. The van der Waals surface area contributed by atoms with E-state index in [1.165, 1.54) is 28.1 Å². The molecule has 0 fully saturated rings. The van der Waals surface area contributed by atoms with Crippen LogP contribution in [0.2, 0.25) is 0 Å². The molecule has 3 aromatic rings. The molecule has 0 unspecified atom stereocenters. The van der Waals surface area contributed by atoms with E-state index in [1.807, 2.05) is 30.3 Å². The quantitative estimate of drug-likeness (QED) is 0.684. The summed E-state index contributed by atoms with van der Waals surface area (Å²) in [4.78, 5) is 21.9. The second kappa shape index (κ2) is 5.40. The fourth-order valence-electron chi connectivity index (χ4n) is 1.66. The SMILES string of the molecule is CN(OCc1ccccc1)c1nn2c(=O)ccnc2s1. The smallest absolute Gasteiger partial charge is 0.267 e. The number of rotatable bonds is 4. The van der Waals surface area contributed by atoms with Crippen molar-refractivity contribution in [3.05, 3.63) is 58.5 Å². The highest BCUT2D eigenvalue weighted by molar-refractivity contribution is 7.20. The van der Waals surface area contributed by atoms with Gasteiger partial charge in [0.15, 0.2) is 0 Å². The van der Waals surface area contributed by atoms with Crippen molar-refractivity contribution in [2.24, 2.45) is 0 Å². The minimum absolute atomic E-state index is 0.200. The molecule has 2 aromatic heterocycles. The van der Waals surface area contributed by atoms with Crippen molar-refractivity contribution in [2.75, 3.05) is 12.1 Å². The Morgan fingerprint density at radius 1 is 1.30 bits per heavy atom. The number of nitrogens with zero attached hydrogens (tertiary/aromatic N) is 4. The Balaban J connectivity index is 1.77. The van der Waals surface area contributed by atoms with Gasteiger partial charge in [-0.3, -0.25) is 9.63 Å². The summed E-state index contributed by atoms with van der Waals surface area (Å²) in [5, 5.41) is 6.31. The minimum Gasteiger partial charge on any atom is -0.267 e. The zero-order valence-corrected chi connectivity index (χ0v) is 11.6. The van der Waals surface area contributed by atoms with Crippen LogP contribution in [0, 0.1) is 0 Å². The molecule has 0 radical (unpaired) electrons. The van der Waals surface area contributed by atoms with E-state index in [0.717, 1.165) is 5.56 Å². The lowest BCUT2D eigenvalue weighted by Crippen LogP contribution is -2.19. The molecule has 0 aliphatic rings. The lowest BCUT2D eigenvalue weighted by atomic mass is 10.2. The van der Waals surface area contributed by atoms with E-state index in [0.29, 0.717) is 16.7 Å². The molecule has 2 heterocycles. The summed E-state index contributed by atoms with van der Waals surface area (Å²) >= 11 is 1.30. The molecule has 0 bridgehead atoms. The average Bonchev–Trinajstić information content (AvgIpc) is 2.91. The van der Waals surface area contributed by atoms with Gasteiger partial charge in [-0.1, -0.05) is 41.7 Å². The van der Waals surface area contributed by atoms with Crippen molar-refractivity contribution in [1.82, 2.24) is 14.6 Å². The van der Waals surface area contributed by atoms with Crippen LogP contribution in [0.15, 0.2) is 47.4 Å². The van der Waals surface area contributed by atoms with E-state index >= 15 is 0 Å². The number of aromatic nitrogens is 3. The standard InChI is InChI=1S/C13H12N4O2S/c1-16(19-9-10-5-3-2-4-6-10)13-15-17-11(18)7-8-14-12(17)20-13/h2-8H,9H2,1H3. The van der Waals surface area contributed by atoms with Gasteiger partial charge in [0.25, 0.3) is 5.56 Å². The van der Waals surface area contributed by atoms with Crippen LogP contribution in [-0.2, 0) is 11.4 Å². The van der Waals surface area contributed by atoms with Gasteiger partial charge in [-0.05, 0) is 5.56 Å². The summed E-state index contributed by atoms with van der Waals surface area (Å²) in [7, 11) is 1.76. The molecule has 7 heteroatoms. The topological polar surface area (TPSA) is 59.7 Å². The van der Waals surface area contributed by atoms with Crippen molar-refractivity contribution in [3.63, 3.8) is 0 Å². The largest absolute Gasteiger partial charge is 0.275 e. The number of hydrogen-bond acceptors (Lipinski definition) is 6. The van der Waals surface area contributed by atoms with Crippen molar-refractivity contribution >= 4 is 21.4 Å². The molecule has 0 N–H and O–H groups in total. The Bertz CT molecular complexity index is 769. The Morgan fingerprint density at radius 3 is 2.85 bits per heavy atom. The van der Waals surface area contributed by atoms with Crippen molar-refractivity contribution in [1.29, 1.82) is 0 Å². The maximum atomic E-state index is 11.6. The molecule has 0 amide bonds. The van der Waals surface area contributed by atoms with Crippen LogP contribution >= 0.6 is 11.3 Å². The second-order valence-electron chi connectivity index (χ2n) is 4.12. The highest BCUT2D eigenvalue weighted by Gasteiger charge is 2.10. The van der Waals surface area contributed by atoms with E-state index in [9.17, 15) is 4.79 Å². The van der Waals surface area contributed by atoms with E-state index < -0.39 is 0 Å². The monoisotopic (exact) mass is 288 g/mol. The van der Waals surface area contributed by atoms with Gasteiger partial charge in [0, 0.05) is 19.3 Å². The summed E-state index contributed by atoms with van der Waals surface area (Å²) in [5.41, 5.74) is 0.865. The van der Waals surface area contributed by atoms with E-state index in [4.69, 9.17) is 4.84 Å². The van der Waals surface area contributed by atoms with Crippen molar-refractivity contribution in [2.45, 2.75) is 6.61 Å². The molecule has 3 rings (SSSR count). The predicted molar refractivity (Wildman–Crippen MR) is 76.8 cm³/mol. The van der Waals surface area contributed by atoms with Gasteiger partial charge < -0.3 is 0 Å². The first-order chi connectivity index (χ1) is 9.74. The molecule has 6 nitrogen and oxygen atoms in total. The third-order valence-corrected chi connectivity index (χ3v) is 3.68. The molecule has 0 saturated carbocycles. The van der Waals surface area contributed by atoms with Gasteiger partial charge in [0.05, 0.1) is 6.61 Å². The van der Waals surface area contributed by atoms with Gasteiger partial charge in [-0.2, -0.15) is 4.52 Å². The van der Waals surface area contributed by atoms with E-state index in [1.54, 1.807) is 12.1 Å². The molecule has 0 atom stereocenters. The van der Waals surface area contributed by atoms with Crippen LogP contribution < -0.4 is 10.6 Å². The summed E-state index contributed by atoms with van der Waals surface area (Å²) in [6.07, 6.45) is 1.48. The maximum absolute atomic E-state index is 11.6. The van der Waals surface area contributed by atoms with E-state index in [-0.39, 0.29) is 5.56 Å². The second-order valence-corrected chi connectivity index (χ2v) is 5.05. The Labute approximate surface area is 118 Å². The van der Waals surface area contributed by atoms with Crippen LogP contribution in [0.3, 0.4) is 0 Å². The van der Waals surface area contributed by atoms with E-state index in [2.05, 4.69) is 10.1 Å². The van der Waals surface area contributed by atoms with Gasteiger partial charge in [0.2, 0.25) is 10.1 Å². The number of fused-ring (bicyclic) bond motifs is 1. The van der Waals surface area contributed by atoms with Gasteiger partial charge >= 0.3 is 0 Å². The van der Waals surface area contributed by atoms with Crippen LogP contribution in [0.4, 0.5) is 5.13 Å². The lowest BCUT2D eigenvalue weighted by molar-refractivity contribution is 0.108. The number of hydrogen-bond donors (Lipinski definition) is 0. The minimum atomic E-state index is -0.200. The van der Waals surface area contributed by atoms with Crippen LogP contribution in [0.5, 0.6) is 0 Å². The fraction of sp³-hybridized carbons (Fsp3) is 0.154. The first kappa shape index (κ1) is 12.8. The molecule has 0 saturated heterocycles. The lowest BCUT2D eigenvalue weighted by Gasteiger charge is -2.14. The summed E-state index contributed by atoms with van der Waals surface area (Å²) in [6.45, 7) is 0.440. The average molecular weight is 288 g/mol. The Kier molecular flexibility index (Phi) is 3.44.